The van der Waals surface area contributed by atoms with Gasteiger partial charge in [-0.1, -0.05) is 31.1 Å². The van der Waals surface area contributed by atoms with Crippen LogP contribution < -0.4 is 11.1 Å². The van der Waals surface area contributed by atoms with Gasteiger partial charge in [0.25, 0.3) is 0 Å². The molecule has 3 heteroatoms. The van der Waals surface area contributed by atoms with E-state index in [1.807, 2.05) is 18.2 Å². The number of nitrogens with two attached hydrogens (primary N) is 1. The quantitative estimate of drug-likeness (QED) is 0.565. The fraction of sp³-hybridized carbons (Fsp3) is 0.500. The van der Waals surface area contributed by atoms with Gasteiger partial charge in [-0.25, -0.2) is 0 Å². The lowest BCUT2D eigenvalue weighted by Crippen LogP contribution is -2.24. The monoisotopic (exact) mass is 234 g/mol. The van der Waals surface area contributed by atoms with Crippen molar-refractivity contribution in [1.82, 2.24) is 5.32 Å². The Labute approximate surface area is 103 Å². The highest BCUT2D eigenvalue weighted by Crippen LogP contribution is 2.16. The Morgan fingerprint density at radius 3 is 2.88 bits per heavy atom. The predicted octanol–water partition coefficient (Wildman–Crippen LogP) is 2.06. The summed E-state index contributed by atoms with van der Waals surface area (Å²) in [5.74, 6) is -0.351. The average molecular weight is 234 g/mol. The normalized spacial score (nSPS) is 17.9. The van der Waals surface area contributed by atoms with Gasteiger partial charge in [0.15, 0.2) is 0 Å². The molecule has 0 unspecified atom stereocenters. The third-order valence-electron chi connectivity index (χ3n) is 2.88. The van der Waals surface area contributed by atoms with Crippen molar-refractivity contribution in [2.24, 2.45) is 5.73 Å². The van der Waals surface area contributed by atoms with Crippen LogP contribution in [0.1, 0.15) is 33.1 Å². The highest BCUT2D eigenvalue weighted by atomic mass is 16.1. The van der Waals surface area contributed by atoms with E-state index >= 15 is 0 Å². The molecule has 0 atom stereocenters. The Morgan fingerprint density at radius 2 is 2.29 bits per heavy atom. The molecule has 0 aromatic rings. The van der Waals surface area contributed by atoms with E-state index in [4.69, 9.17) is 5.73 Å². The smallest absolute Gasteiger partial charge is 0.248 e. The van der Waals surface area contributed by atoms with Crippen molar-refractivity contribution in [3.8, 4) is 0 Å². The largest absolute Gasteiger partial charge is 0.366 e. The Morgan fingerprint density at radius 1 is 1.53 bits per heavy atom. The number of amides is 1. The second-order valence-corrected chi connectivity index (χ2v) is 4.39. The van der Waals surface area contributed by atoms with Gasteiger partial charge in [-0.05, 0) is 38.0 Å². The molecule has 0 saturated carbocycles. The highest BCUT2D eigenvalue weighted by molar-refractivity contribution is 5.95. The van der Waals surface area contributed by atoms with Crippen LogP contribution in [0.4, 0.5) is 0 Å². The molecular weight excluding hydrogens is 212 g/mol. The molecule has 0 saturated heterocycles. The Kier molecular flexibility index (Phi) is 5.70. The lowest BCUT2D eigenvalue weighted by Gasteiger charge is -2.16. The zero-order valence-corrected chi connectivity index (χ0v) is 10.8. The summed E-state index contributed by atoms with van der Waals surface area (Å²) in [6.07, 6.45) is 8.80. The number of rotatable bonds is 5. The average Bonchev–Trinajstić information content (AvgIpc) is 2.30. The predicted molar refractivity (Wildman–Crippen MR) is 71.5 cm³/mol. The Hall–Kier alpha value is -1.35. The van der Waals surface area contributed by atoms with Gasteiger partial charge in [-0.3, -0.25) is 4.79 Å². The van der Waals surface area contributed by atoms with Crippen LogP contribution in [0.25, 0.3) is 0 Å². The van der Waals surface area contributed by atoms with Crippen molar-refractivity contribution in [1.29, 1.82) is 0 Å². The van der Waals surface area contributed by atoms with E-state index < -0.39 is 0 Å². The molecule has 1 amide bonds. The molecule has 0 spiro atoms. The van der Waals surface area contributed by atoms with Gasteiger partial charge in [-0.15, -0.1) is 0 Å². The third kappa shape index (κ3) is 4.57. The van der Waals surface area contributed by atoms with Crippen molar-refractivity contribution in [2.75, 3.05) is 13.1 Å². The van der Waals surface area contributed by atoms with Gasteiger partial charge < -0.3 is 11.1 Å². The number of unbranched alkanes of at least 4 members (excludes halogenated alkanes) is 1. The Bertz CT molecular complexity index is 364. The number of allylic oxidation sites excluding steroid dienone is 2. The molecular formula is C14H22N2O. The maximum Gasteiger partial charge on any atom is 0.248 e. The molecule has 17 heavy (non-hydrogen) atoms. The lowest BCUT2D eigenvalue weighted by molar-refractivity contribution is -0.114. The molecule has 3 nitrogen and oxygen atoms in total. The Balaban J connectivity index is 2.86. The summed E-state index contributed by atoms with van der Waals surface area (Å²) in [4.78, 5) is 11.3. The van der Waals surface area contributed by atoms with Gasteiger partial charge in [0.1, 0.15) is 0 Å². The molecule has 0 aliphatic carbocycles. The standard InChI is InChI=1S/C14H22N2O/c1-3-4-5-6-13(14(15)17)9-12-7-8-16-10-11(12)2/h5-6,9,16H,3-4,7-8,10H2,1-2H3,(H2,15,17)/b6-5+,13-9+. The molecule has 0 aromatic carbocycles. The molecule has 1 aliphatic heterocycles. The summed E-state index contributed by atoms with van der Waals surface area (Å²) in [7, 11) is 0. The van der Waals surface area contributed by atoms with E-state index in [9.17, 15) is 4.79 Å². The summed E-state index contributed by atoms with van der Waals surface area (Å²) in [6, 6.07) is 0. The number of carbonyl (C=O) groups is 1. The molecule has 3 N–H and O–H groups in total. The van der Waals surface area contributed by atoms with Crippen LogP contribution in [0.15, 0.2) is 34.9 Å². The first-order valence-electron chi connectivity index (χ1n) is 6.22. The highest BCUT2D eigenvalue weighted by Gasteiger charge is 2.08. The minimum atomic E-state index is -0.351. The van der Waals surface area contributed by atoms with Crippen LogP contribution >= 0.6 is 0 Å². The maximum atomic E-state index is 11.3. The van der Waals surface area contributed by atoms with Crippen molar-refractivity contribution in [2.45, 2.75) is 33.1 Å². The maximum absolute atomic E-state index is 11.3. The third-order valence-corrected chi connectivity index (χ3v) is 2.88. The van der Waals surface area contributed by atoms with Crippen LogP contribution in [0, 0.1) is 0 Å². The van der Waals surface area contributed by atoms with Gasteiger partial charge in [0, 0.05) is 12.1 Å². The molecule has 0 bridgehead atoms. The van der Waals surface area contributed by atoms with Crippen molar-refractivity contribution >= 4 is 5.91 Å². The van der Waals surface area contributed by atoms with E-state index in [0.29, 0.717) is 5.57 Å². The van der Waals surface area contributed by atoms with E-state index in [1.165, 1.54) is 11.1 Å². The number of hydrogen-bond acceptors (Lipinski definition) is 2. The van der Waals surface area contributed by atoms with Gasteiger partial charge >= 0.3 is 0 Å². The van der Waals surface area contributed by atoms with Crippen molar-refractivity contribution in [3.05, 3.63) is 34.9 Å². The number of primary amides is 1. The van der Waals surface area contributed by atoms with E-state index in [0.717, 1.165) is 32.4 Å². The molecule has 0 aromatic heterocycles. The van der Waals surface area contributed by atoms with Crippen LogP contribution in [-0.2, 0) is 4.79 Å². The topological polar surface area (TPSA) is 55.1 Å². The van der Waals surface area contributed by atoms with Crippen molar-refractivity contribution in [3.63, 3.8) is 0 Å². The fourth-order valence-corrected chi connectivity index (χ4v) is 1.79. The summed E-state index contributed by atoms with van der Waals surface area (Å²) >= 11 is 0. The van der Waals surface area contributed by atoms with Crippen LogP contribution in [-0.4, -0.2) is 19.0 Å². The molecule has 0 fully saturated rings. The molecule has 1 heterocycles. The number of hydrogen-bond donors (Lipinski definition) is 2. The SMILES string of the molecule is CCC/C=C/C(=C\C1=C(C)CNCC1)C(N)=O. The molecule has 0 radical (unpaired) electrons. The number of carbonyl (C=O) groups excluding carboxylic acids is 1. The first-order valence-corrected chi connectivity index (χ1v) is 6.22. The van der Waals surface area contributed by atoms with Gasteiger partial charge in [0.2, 0.25) is 5.91 Å². The van der Waals surface area contributed by atoms with Gasteiger partial charge in [0.05, 0.1) is 0 Å². The van der Waals surface area contributed by atoms with Gasteiger partial charge in [-0.2, -0.15) is 0 Å². The fourth-order valence-electron chi connectivity index (χ4n) is 1.79. The first kappa shape index (κ1) is 13.7. The second kappa shape index (κ2) is 7.07. The van der Waals surface area contributed by atoms with E-state index in [2.05, 4.69) is 19.2 Å². The van der Waals surface area contributed by atoms with Crippen molar-refractivity contribution < 1.29 is 4.79 Å². The first-order chi connectivity index (χ1) is 8.15. The summed E-state index contributed by atoms with van der Waals surface area (Å²) in [5, 5.41) is 3.30. The zero-order valence-electron chi connectivity index (χ0n) is 10.8. The van der Waals surface area contributed by atoms with Crippen LogP contribution in [0.2, 0.25) is 0 Å². The van der Waals surface area contributed by atoms with Crippen LogP contribution in [0.5, 0.6) is 0 Å². The number of nitrogens with one attached hydrogen (secondary N) is 1. The molecule has 1 aliphatic rings. The second-order valence-electron chi connectivity index (χ2n) is 4.39. The summed E-state index contributed by atoms with van der Waals surface area (Å²) in [6.45, 7) is 6.06. The summed E-state index contributed by atoms with van der Waals surface area (Å²) < 4.78 is 0. The van der Waals surface area contributed by atoms with Crippen LogP contribution in [0.3, 0.4) is 0 Å². The minimum Gasteiger partial charge on any atom is -0.366 e. The van der Waals surface area contributed by atoms with E-state index in [-0.39, 0.29) is 5.91 Å². The summed E-state index contributed by atoms with van der Waals surface area (Å²) in [5.41, 5.74) is 8.52. The molecule has 1 rings (SSSR count). The zero-order chi connectivity index (χ0) is 12.7. The lowest BCUT2D eigenvalue weighted by atomic mass is 9.99. The van der Waals surface area contributed by atoms with E-state index in [1.54, 1.807) is 0 Å². The minimum absolute atomic E-state index is 0.351. The molecule has 94 valence electrons.